The van der Waals surface area contributed by atoms with Crippen molar-refractivity contribution in [3.8, 4) is 0 Å². The van der Waals surface area contributed by atoms with Gasteiger partial charge in [-0.1, -0.05) is 13.8 Å². The van der Waals surface area contributed by atoms with Crippen LogP contribution >= 0.6 is 0 Å². The van der Waals surface area contributed by atoms with E-state index in [4.69, 9.17) is 5.11 Å². The second-order valence-corrected chi connectivity index (χ2v) is 7.60. The minimum Gasteiger partial charge on any atom is -0.480 e. The predicted molar refractivity (Wildman–Crippen MR) is 77.4 cm³/mol. The summed E-state index contributed by atoms with van der Waals surface area (Å²) in [7, 11) is -3.25. The molecule has 0 aromatic heterocycles. The van der Waals surface area contributed by atoms with Crippen LogP contribution in [-0.4, -0.2) is 73.2 Å². The molecule has 1 aliphatic heterocycles. The zero-order valence-corrected chi connectivity index (χ0v) is 13.4. The van der Waals surface area contributed by atoms with E-state index in [1.54, 1.807) is 0 Å². The Morgan fingerprint density at radius 3 is 2.10 bits per heavy atom. The summed E-state index contributed by atoms with van der Waals surface area (Å²) in [5, 5.41) is 11.6. The fourth-order valence-electron chi connectivity index (χ4n) is 2.16. The Balaban J connectivity index is 2.55. The van der Waals surface area contributed by atoms with Gasteiger partial charge in [-0.25, -0.2) is 18.0 Å². The summed E-state index contributed by atoms with van der Waals surface area (Å²) in [5.74, 6) is -0.916. The third-order valence-corrected chi connectivity index (χ3v) is 4.60. The Bertz CT molecular complexity index is 483. The molecule has 0 radical (unpaired) electrons. The van der Waals surface area contributed by atoms with Crippen molar-refractivity contribution in [3.05, 3.63) is 0 Å². The molecule has 9 heteroatoms. The molecule has 1 heterocycles. The number of urea groups is 1. The molecule has 0 bridgehead atoms. The molecule has 1 saturated heterocycles. The standard InChI is InChI=1S/C12H23N3O5S/c1-9(2)8-10(11(16)17)13-12(18)14-4-6-15(7-5-14)21(3,19)20/h9-10H,4-8H2,1-3H3,(H,13,18)(H,16,17)/t10-/m1/s1. The molecule has 122 valence electrons. The predicted octanol–water partition coefficient (Wildman–Crippen LogP) is -0.227. The monoisotopic (exact) mass is 321 g/mol. The minimum atomic E-state index is -3.25. The lowest BCUT2D eigenvalue weighted by Gasteiger charge is -2.34. The average molecular weight is 321 g/mol. The second-order valence-electron chi connectivity index (χ2n) is 5.62. The van der Waals surface area contributed by atoms with Gasteiger partial charge in [0.25, 0.3) is 0 Å². The molecule has 1 aliphatic rings. The van der Waals surface area contributed by atoms with Gasteiger partial charge in [-0.05, 0) is 12.3 Å². The van der Waals surface area contributed by atoms with E-state index >= 15 is 0 Å². The van der Waals surface area contributed by atoms with E-state index in [-0.39, 0.29) is 32.1 Å². The van der Waals surface area contributed by atoms with E-state index in [0.29, 0.717) is 6.42 Å². The third-order valence-electron chi connectivity index (χ3n) is 3.30. The molecule has 0 spiro atoms. The number of nitrogens with one attached hydrogen (secondary N) is 1. The zero-order valence-electron chi connectivity index (χ0n) is 12.6. The molecule has 0 aliphatic carbocycles. The Morgan fingerprint density at radius 2 is 1.71 bits per heavy atom. The number of aliphatic carboxylic acids is 1. The van der Waals surface area contributed by atoms with E-state index in [1.165, 1.54) is 9.21 Å². The highest BCUT2D eigenvalue weighted by molar-refractivity contribution is 7.88. The first-order chi connectivity index (χ1) is 9.61. The highest BCUT2D eigenvalue weighted by atomic mass is 32.2. The van der Waals surface area contributed by atoms with Crippen LogP contribution in [0.3, 0.4) is 0 Å². The van der Waals surface area contributed by atoms with Gasteiger partial charge in [0.05, 0.1) is 6.26 Å². The first kappa shape index (κ1) is 17.7. The highest BCUT2D eigenvalue weighted by Crippen LogP contribution is 2.09. The second kappa shape index (κ2) is 7.08. The van der Waals surface area contributed by atoms with E-state index in [1.807, 2.05) is 13.8 Å². The summed E-state index contributed by atoms with van der Waals surface area (Å²) in [6.07, 6.45) is 1.48. The van der Waals surface area contributed by atoms with Gasteiger partial charge >= 0.3 is 12.0 Å². The van der Waals surface area contributed by atoms with Crippen molar-refractivity contribution in [2.75, 3.05) is 32.4 Å². The van der Waals surface area contributed by atoms with Crippen molar-refractivity contribution in [1.29, 1.82) is 0 Å². The van der Waals surface area contributed by atoms with Crippen molar-refractivity contribution in [3.63, 3.8) is 0 Å². The number of piperazine rings is 1. The maximum atomic E-state index is 12.0. The Morgan fingerprint density at radius 1 is 1.19 bits per heavy atom. The van der Waals surface area contributed by atoms with Crippen LogP contribution < -0.4 is 5.32 Å². The van der Waals surface area contributed by atoms with Gasteiger partial charge in [-0.15, -0.1) is 0 Å². The molecule has 0 saturated carbocycles. The zero-order chi connectivity index (χ0) is 16.2. The number of carboxylic acid groups (broad SMARTS) is 1. The molecule has 21 heavy (non-hydrogen) atoms. The van der Waals surface area contributed by atoms with E-state index in [9.17, 15) is 18.0 Å². The Kier molecular flexibility index (Phi) is 5.97. The van der Waals surface area contributed by atoms with Crippen LogP contribution in [0.4, 0.5) is 4.79 Å². The number of carbonyl (C=O) groups excluding carboxylic acids is 1. The largest absolute Gasteiger partial charge is 0.480 e. The molecule has 0 aromatic rings. The van der Waals surface area contributed by atoms with E-state index < -0.39 is 28.1 Å². The number of hydrogen-bond donors (Lipinski definition) is 2. The quantitative estimate of drug-likeness (QED) is 0.727. The highest BCUT2D eigenvalue weighted by Gasteiger charge is 2.28. The summed E-state index contributed by atoms with van der Waals surface area (Å²) in [6.45, 7) is 4.74. The van der Waals surface area contributed by atoms with Crippen LogP contribution in [-0.2, 0) is 14.8 Å². The van der Waals surface area contributed by atoms with Crippen LogP contribution in [0.2, 0.25) is 0 Å². The molecule has 1 fully saturated rings. The van der Waals surface area contributed by atoms with Crippen molar-refractivity contribution in [2.45, 2.75) is 26.3 Å². The smallest absolute Gasteiger partial charge is 0.326 e. The number of hydrogen-bond acceptors (Lipinski definition) is 4. The summed E-state index contributed by atoms with van der Waals surface area (Å²) in [6, 6.07) is -1.39. The van der Waals surface area contributed by atoms with Crippen molar-refractivity contribution in [1.82, 2.24) is 14.5 Å². The van der Waals surface area contributed by atoms with Crippen molar-refractivity contribution < 1.29 is 23.1 Å². The normalized spacial score (nSPS) is 18.6. The lowest BCUT2D eigenvalue weighted by atomic mass is 10.0. The summed E-state index contributed by atoms with van der Waals surface area (Å²) in [5.41, 5.74) is 0. The SMILES string of the molecule is CC(C)C[C@@H](NC(=O)N1CCN(S(C)(=O)=O)CC1)C(=O)O. The summed E-state index contributed by atoms with van der Waals surface area (Å²) in [4.78, 5) is 24.6. The Labute approximate surface area is 125 Å². The summed E-state index contributed by atoms with van der Waals surface area (Å²) >= 11 is 0. The van der Waals surface area contributed by atoms with Gasteiger partial charge in [-0.2, -0.15) is 4.31 Å². The number of sulfonamides is 1. The first-order valence-electron chi connectivity index (χ1n) is 6.84. The average Bonchev–Trinajstić information content (AvgIpc) is 2.36. The third kappa shape index (κ3) is 5.50. The van der Waals surface area contributed by atoms with E-state index in [0.717, 1.165) is 6.26 Å². The maximum Gasteiger partial charge on any atom is 0.326 e. The first-order valence-corrected chi connectivity index (χ1v) is 8.69. The number of nitrogens with zero attached hydrogens (tertiary/aromatic N) is 2. The molecule has 2 N–H and O–H groups in total. The number of carbonyl (C=O) groups is 2. The molecule has 1 rings (SSSR count). The maximum absolute atomic E-state index is 12.0. The Hall–Kier alpha value is -1.35. The number of amides is 2. The molecular weight excluding hydrogens is 298 g/mol. The lowest BCUT2D eigenvalue weighted by Crippen LogP contribution is -2.55. The van der Waals surface area contributed by atoms with Gasteiger partial charge in [-0.3, -0.25) is 0 Å². The topological polar surface area (TPSA) is 107 Å². The molecule has 0 aromatic carbocycles. The van der Waals surface area contributed by atoms with E-state index in [2.05, 4.69) is 5.32 Å². The van der Waals surface area contributed by atoms with Crippen molar-refractivity contribution >= 4 is 22.0 Å². The van der Waals surface area contributed by atoms with Gasteiger partial charge in [0.2, 0.25) is 10.0 Å². The lowest BCUT2D eigenvalue weighted by molar-refractivity contribution is -0.139. The van der Waals surface area contributed by atoms with Crippen LogP contribution in [0.5, 0.6) is 0 Å². The number of carboxylic acids is 1. The fraction of sp³-hybridized carbons (Fsp3) is 0.833. The van der Waals surface area contributed by atoms with Crippen molar-refractivity contribution in [2.24, 2.45) is 5.92 Å². The van der Waals surface area contributed by atoms with Crippen LogP contribution in [0.25, 0.3) is 0 Å². The molecule has 8 nitrogen and oxygen atoms in total. The summed E-state index contributed by atoms with van der Waals surface area (Å²) < 4.78 is 24.1. The van der Waals surface area contributed by atoms with Crippen LogP contribution in [0.1, 0.15) is 20.3 Å². The minimum absolute atomic E-state index is 0.147. The fourth-order valence-corrected chi connectivity index (χ4v) is 2.98. The van der Waals surface area contributed by atoms with Gasteiger partial charge in [0.15, 0.2) is 0 Å². The van der Waals surface area contributed by atoms with Gasteiger partial charge in [0, 0.05) is 26.2 Å². The molecular formula is C12H23N3O5S. The molecule has 1 atom stereocenters. The van der Waals surface area contributed by atoms with Gasteiger partial charge < -0.3 is 15.3 Å². The van der Waals surface area contributed by atoms with Gasteiger partial charge in [0.1, 0.15) is 6.04 Å². The molecule has 0 unspecified atom stereocenters. The molecule has 2 amide bonds. The van der Waals surface area contributed by atoms with Crippen LogP contribution in [0, 0.1) is 5.92 Å². The van der Waals surface area contributed by atoms with Crippen LogP contribution in [0.15, 0.2) is 0 Å². The number of rotatable bonds is 5.